The van der Waals surface area contributed by atoms with Crippen molar-refractivity contribution in [2.75, 3.05) is 6.54 Å². The van der Waals surface area contributed by atoms with E-state index in [9.17, 15) is 4.79 Å². The molecule has 1 aromatic carbocycles. The van der Waals surface area contributed by atoms with Crippen LogP contribution in [-0.2, 0) is 17.8 Å². The van der Waals surface area contributed by atoms with Gasteiger partial charge in [0, 0.05) is 19.4 Å². The van der Waals surface area contributed by atoms with Gasteiger partial charge in [0.1, 0.15) is 0 Å². The van der Waals surface area contributed by atoms with Crippen molar-refractivity contribution >= 4 is 5.91 Å². The summed E-state index contributed by atoms with van der Waals surface area (Å²) in [5.41, 5.74) is 6.17. The third kappa shape index (κ3) is 4.51. The highest BCUT2D eigenvalue weighted by Gasteiger charge is 2.06. The highest BCUT2D eigenvalue weighted by Crippen LogP contribution is 2.06. The van der Waals surface area contributed by atoms with E-state index in [1.165, 1.54) is 0 Å². The van der Waals surface area contributed by atoms with Crippen LogP contribution in [-0.4, -0.2) is 22.6 Å². The Kier molecular flexibility index (Phi) is 4.63. The summed E-state index contributed by atoms with van der Waals surface area (Å²) >= 11 is 0. The van der Waals surface area contributed by atoms with Crippen LogP contribution in [0.15, 0.2) is 34.9 Å². The molecule has 2 aromatic rings. The van der Waals surface area contributed by atoms with Gasteiger partial charge in [-0.25, -0.2) is 0 Å². The Bertz CT molecular complexity index is 524. The number of nitrogens with two attached hydrogens (primary N) is 1. The number of carbonyl (C=O) groups excluding carboxylic acids is 1. The summed E-state index contributed by atoms with van der Waals surface area (Å²) in [7, 11) is 0. The van der Waals surface area contributed by atoms with E-state index in [-0.39, 0.29) is 5.91 Å². The van der Waals surface area contributed by atoms with Gasteiger partial charge in [-0.05, 0) is 5.56 Å². The lowest BCUT2D eigenvalue weighted by atomic mass is 10.1. The smallest absolute Gasteiger partial charge is 0.240 e. The minimum atomic E-state index is -0.331. The molecule has 0 spiro atoms. The summed E-state index contributed by atoms with van der Waals surface area (Å²) in [6.45, 7) is 0.945. The average Bonchev–Trinajstić information content (AvgIpc) is 2.83. The Hall–Kier alpha value is -2.21. The fourth-order valence-electron chi connectivity index (χ4n) is 1.62. The topological polar surface area (TPSA) is 94.0 Å². The molecule has 3 N–H and O–H groups in total. The maximum atomic E-state index is 10.5. The second-order valence-corrected chi connectivity index (χ2v) is 4.16. The highest BCUT2D eigenvalue weighted by atomic mass is 16.5. The molecule has 0 bridgehead atoms. The van der Waals surface area contributed by atoms with Crippen LogP contribution in [0.2, 0.25) is 0 Å². The molecule has 1 heterocycles. The number of carbonyl (C=O) groups is 1. The van der Waals surface area contributed by atoms with Crippen molar-refractivity contribution in [3.8, 4) is 0 Å². The normalized spacial score (nSPS) is 10.5. The molecule has 19 heavy (non-hydrogen) atoms. The van der Waals surface area contributed by atoms with E-state index >= 15 is 0 Å². The molecule has 1 aromatic heterocycles. The molecular weight excluding hydrogens is 244 g/mol. The number of nitrogens with zero attached hydrogens (tertiary/aromatic N) is 2. The average molecular weight is 260 g/mol. The molecule has 0 aliphatic heterocycles. The van der Waals surface area contributed by atoms with Gasteiger partial charge in [-0.3, -0.25) is 4.79 Å². The van der Waals surface area contributed by atoms with Crippen LogP contribution in [0, 0.1) is 0 Å². The van der Waals surface area contributed by atoms with Crippen LogP contribution in [0.5, 0.6) is 0 Å². The van der Waals surface area contributed by atoms with Gasteiger partial charge >= 0.3 is 0 Å². The van der Waals surface area contributed by atoms with E-state index in [2.05, 4.69) is 15.5 Å². The van der Waals surface area contributed by atoms with E-state index in [0.717, 1.165) is 5.56 Å². The molecule has 6 nitrogen and oxygen atoms in total. The molecule has 0 atom stereocenters. The van der Waals surface area contributed by atoms with Gasteiger partial charge in [-0.1, -0.05) is 35.5 Å². The molecule has 0 fully saturated rings. The van der Waals surface area contributed by atoms with E-state index in [1.54, 1.807) is 0 Å². The first-order chi connectivity index (χ1) is 9.24. The number of benzene rings is 1. The van der Waals surface area contributed by atoms with Crippen molar-refractivity contribution < 1.29 is 9.32 Å². The molecule has 2 rings (SSSR count). The summed E-state index contributed by atoms with van der Waals surface area (Å²) in [4.78, 5) is 14.8. The maximum Gasteiger partial charge on any atom is 0.240 e. The lowest BCUT2D eigenvalue weighted by molar-refractivity contribution is -0.117. The van der Waals surface area contributed by atoms with Gasteiger partial charge in [0.25, 0.3) is 0 Å². The first-order valence-corrected chi connectivity index (χ1v) is 6.08. The molecule has 0 aliphatic rings. The Morgan fingerprint density at radius 2 is 2.11 bits per heavy atom. The second kappa shape index (κ2) is 6.65. The van der Waals surface area contributed by atoms with Crippen LogP contribution in [0.3, 0.4) is 0 Å². The van der Waals surface area contributed by atoms with Crippen molar-refractivity contribution in [2.45, 2.75) is 19.4 Å². The summed E-state index contributed by atoms with van der Waals surface area (Å²) in [6, 6.07) is 9.94. The maximum absolute atomic E-state index is 10.5. The van der Waals surface area contributed by atoms with Crippen LogP contribution in [0.4, 0.5) is 0 Å². The van der Waals surface area contributed by atoms with Crippen LogP contribution >= 0.6 is 0 Å². The Morgan fingerprint density at radius 3 is 2.84 bits per heavy atom. The molecule has 0 radical (unpaired) electrons. The van der Waals surface area contributed by atoms with Gasteiger partial charge in [0.2, 0.25) is 11.8 Å². The first-order valence-electron chi connectivity index (χ1n) is 6.08. The van der Waals surface area contributed by atoms with E-state index in [0.29, 0.717) is 37.6 Å². The monoisotopic (exact) mass is 260 g/mol. The number of aromatic nitrogens is 2. The molecule has 0 unspecified atom stereocenters. The lowest BCUT2D eigenvalue weighted by Gasteiger charge is -1.97. The van der Waals surface area contributed by atoms with Gasteiger partial charge in [0.05, 0.1) is 6.54 Å². The highest BCUT2D eigenvalue weighted by molar-refractivity contribution is 5.73. The third-order valence-corrected chi connectivity index (χ3v) is 2.54. The van der Waals surface area contributed by atoms with E-state index in [1.807, 2.05) is 30.3 Å². The largest absolute Gasteiger partial charge is 0.370 e. The quantitative estimate of drug-likeness (QED) is 0.712. The van der Waals surface area contributed by atoms with Gasteiger partial charge in [-0.2, -0.15) is 4.98 Å². The zero-order valence-electron chi connectivity index (χ0n) is 10.5. The SMILES string of the molecule is NC(=O)CCNCc1nc(Cc2ccccc2)no1. The summed E-state index contributed by atoms with van der Waals surface area (Å²) in [6.07, 6.45) is 0.941. The van der Waals surface area contributed by atoms with E-state index < -0.39 is 0 Å². The lowest BCUT2D eigenvalue weighted by Crippen LogP contribution is -2.21. The standard InChI is InChI=1S/C13H16N4O2/c14-11(18)6-7-15-9-13-16-12(17-19-13)8-10-4-2-1-3-5-10/h1-5,15H,6-9H2,(H2,14,18). The minimum absolute atomic E-state index is 0.297. The summed E-state index contributed by atoms with van der Waals surface area (Å²) < 4.78 is 5.10. The van der Waals surface area contributed by atoms with Crippen molar-refractivity contribution in [1.29, 1.82) is 0 Å². The number of rotatable bonds is 7. The minimum Gasteiger partial charge on any atom is -0.370 e. The fourth-order valence-corrected chi connectivity index (χ4v) is 1.62. The fraction of sp³-hybridized carbons (Fsp3) is 0.308. The summed E-state index contributed by atoms with van der Waals surface area (Å²) in [5.74, 6) is 0.830. The Labute approximate surface area is 111 Å². The van der Waals surface area contributed by atoms with Crippen molar-refractivity contribution in [2.24, 2.45) is 5.73 Å². The Balaban J connectivity index is 1.80. The number of hydrogen-bond donors (Lipinski definition) is 2. The molecule has 0 aliphatic carbocycles. The molecule has 6 heteroatoms. The van der Waals surface area contributed by atoms with Gasteiger partial charge in [-0.15, -0.1) is 0 Å². The molecule has 1 amide bonds. The van der Waals surface area contributed by atoms with Crippen molar-refractivity contribution in [1.82, 2.24) is 15.5 Å². The third-order valence-electron chi connectivity index (χ3n) is 2.54. The van der Waals surface area contributed by atoms with Crippen LogP contribution in [0.1, 0.15) is 23.7 Å². The van der Waals surface area contributed by atoms with E-state index in [4.69, 9.17) is 10.3 Å². The molecular formula is C13H16N4O2. The number of amides is 1. The first kappa shape index (κ1) is 13.2. The zero-order chi connectivity index (χ0) is 13.5. The van der Waals surface area contributed by atoms with Gasteiger partial charge < -0.3 is 15.6 Å². The van der Waals surface area contributed by atoms with Crippen molar-refractivity contribution in [3.05, 3.63) is 47.6 Å². The zero-order valence-corrected chi connectivity index (χ0v) is 10.5. The molecule has 100 valence electrons. The molecule has 0 saturated heterocycles. The number of primary amides is 1. The predicted molar refractivity (Wildman–Crippen MR) is 69.1 cm³/mol. The Morgan fingerprint density at radius 1 is 1.32 bits per heavy atom. The summed E-state index contributed by atoms with van der Waals surface area (Å²) in [5, 5.41) is 6.92. The number of hydrogen-bond acceptors (Lipinski definition) is 5. The predicted octanol–water partition coefficient (Wildman–Crippen LogP) is 0.625. The van der Waals surface area contributed by atoms with Crippen LogP contribution in [0.25, 0.3) is 0 Å². The van der Waals surface area contributed by atoms with Gasteiger partial charge in [0.15, 0.2) is 5.82 Å². The van der Waals surface area contributed by atoms with Crippen molar-refractivity contribution in [3.63, 3.8) is 0 Å². The molecule has 0 saturated carbocycles. The van der Waals surface area contributed by atoms with Crippen LogP contribution < -0.4 is 11.1 Å². The second-order valence-electron chi connectivity index (χ2n) is 4.16. The number of nitrogens with one attached hydrogen (secondary N) is 1.